The lowest BCUT2D eigenvalue weighted by atomic mass is 9.69. The third-order valence-corrected chi connectivity index (χ3v) is 5.54. The van der Waals surface area contributed by atoms with Gasteiger partial charge in [0.1, 0.15) is 0 Å². The van der Waals surface area contributed by atoms with Gasteiger partial charge in [-0.2, -0.15) is 5.26 Å². The van der Waals surface area contributed by atoms with E-state index in [2.05, 4.69) is 18.0 Å². The number of carbonyl (C=O) groups is 1. The van der Waals surface area contributed by atoms with Crippen LogP contribution in [0.1, 0.15) is 35.2 Å². The van der Waals surface area contributed by atoms with Gasteiger partial charge in [-0.3, -0.25) is 4.79 Å². The molecule has 3 rings (SSSR count). The molecule has 1 aromatic rings. The molecular weight excluding hydrogens is 290 g/mol. The molecule has 2 fully saturated rings. The van der Waals surface area contributed by atoms with E-state index < -0.39 is 0 Å². The summed E-state index contributed by atoms with van der Waals surface area (Å²) < 4.78 is 0. The van der Waals surface area contributed by atoms with Crippen LogP contribution in [0.3, 0.4) is 0 Å². The fourth-order valence-electron chi connectivity index (χ4n) is 4.11. The van der Waals surface area contributed by atoms with Gasteiger partial charge in [0, 0.05) is 30.1 Å². The van der Waals surface area contributed by atoms with Crippen LogP contribution in [-0.2, 0) is 0 Å². The standard InChI is InChI=1S/C18H23N3O2/c1-20-8-3-6-18(13-22)7-9-21(12-16(18)20)17(23)15-5-2-4-14(10-15)11-19/h2,4-5,10,16,22H,3,6-9,12-13H2,1H3/t16-,18-/m1/s1. The molecule has 2 heterocycles. The van der Waals surface area contributed by atoms with Crippen LogP contribution in [0.4, 0.5) is 0 Å². The monoisotopic (exact) mass is 313 g/mol. The number of piperidine rings is 2. The minimum Gasteiger partial charge on any atom is -0.396 e. The van der Waals surface area contributed by atoms with E-state index >= 15 is 0 Å². The minimum absolute atomic E-state index is 0.0207. The van der Waals surface area contributed by atoms with Gasteiger partial charge >= 0.3 is 0 Å². The highest BCUT2D eigenvalue weighted by Gasteiger charge is 2.47. The van der Waals surface area contributed by atoms with Crippen LogP contribution in [0.25, 0.3) is 0 Å². The third-order valence-electron chi connectivity index (χ3n) is 5.54. The molecule has 0 spiro atoms. The van der Waals surface area contributed by atoms with Gasteiger partial charge in [0.15, 0.2) is 0 Å². The number of nitriles is 1. The average Bonchev–Trinajstić information content (AvgIpc) is 2.61. The van der Waals surface area contributed by atoms with Crippen molar-refractivity contribution in [3.05, 3.63) is 35.4 Å². The summed E-state index contributed by atoms with van der Waals surface area (Å²) in [7, 11) is 2.08. The zero-order valence-electron chi connectivity index (χ0n) is 13.5. The van der Waals surface area contributed by atoms with Crippen molar-refractivity contribution >= 4 is 5.91 Å². The van der Waals surface area contributed by atoms with Gasteiger partial charge in [-0.25, -0.2) is 0 Å². The lowest BCUT2D eigenvalue weighted by Gasteiger charge is -2.53. The molecular formula is C18H23N3O2. The maximum absolute atomic E-state index is 12.8. The van der Waals surface area contributed by atoms with Crippen LogP contribution >= 0.6 is 0 Å². The number of amides is 1. The molecule has 1 aromatic carbocycles. The van der Waals surface area contributed by atoms with Crippen LogP contribution in [0, 0.1) is 16.7 Å². The Hall–Kier alpha value is -1.90. The fourth-order valence-corrected chi connectivity index (χ4v) is 4.11. The van der Waals surface area contributed by atoms with Gasteiger partial charge in [0.2, 0.25) is 0 Å². The molecule has 0 radical (unpaired) electrons. The molecule has 0 unspecified atom stereocenters. The van der Waals surface area contributed by atoms with Gasteiger partial charge in [0.05, 0.1) is 18.2 Å². The predicted octanol–water partition coefficient (Wildman–Crippen LogP) is 1.48. The topological polar surface area (TPSA) is 67.6 Å². The largest absolute Gasteiger partial charge is 0.396 e. The van der Waals surface area contributed by atoms with E-state index in [-0.39, 0.29) is 24.0 Å². The Labute approximate surface area is 137 Å². The summed E-state index contributed by atoms with van der Waals surface area (Å²) in [6.45, 7) is 2.51. The molecule has 2 aliphatic heterocycles. The Morgan fingerprint density at radius 2 is 2.26 bits per heavy atom. The van der Waals surface area contributed by atoms with Crippen molar-refractivity contribution in [2.24, 2.45) is 5.41 Å². The van der Waals surface area contributed by atoms with Crippen molar-refractivity contribution in [3.63, 3.8) is 0 Å². The van der Waals surface area contributed by atoms with Gasteiger partial charge in [0.25, 0.3) is 5.91 Å². The molecule has 0 saturated carbocycles. The number of aliphatic hydroxyl groups is 1. The quantitative estimate of drug-likeness (QED) is 0.898. The van der Waals surface area contributed by atoms with Gasteiger partial charge in [-0.05, 0) is 51.1 Å². The molecule has 1 N–H and O–H groups in total. The molecule has 0 aliphatic carbocycles. The highest BCUT2D eigenvalue weighted by molar-refractivity contribution is 5.94. The summed E-state index contributed by atoms with van der Waals surface area (Å²) in [5.74, 6) is -0.0207. The molecule has 1 amide bonds. The smallest absolute Gasteiger partial charge is 0.253 e. The lowest BCUT2D eigenvalue weighted by Crippen LogP contribution is -2.62. The Bertz CT molecular complexity index is 639. The number of hydrogen-bond acceptors (Lipinski definition) is 4. The molecule has 2 atom stereocenters. The van der Waals surface area contributed by atoms with Crippen molar-refractivity contribution in [3.8, 4) is 6.07 Å². The Balaban J connectivity index is 1.80. The van der Waals surface area contributed by atoms with Gasteiger partial charge in [-0.1, -0.05) is 6.07 Å². The van der Waals surface area contributed by atoms with E-state index in [9.17, 15) is 9.90 Å². The maximum atomic E-state index is 12.8. The molecule has 23 heavy (non-hydrogen) atoms. The molecule has 2 aliphatic rings. The second kappa shape index (κ2) is 6.31. The summed E-state index contributed by atoms with van der Waals surface area (Å²) in [5, 5.41) is 18.9. The minimum atomic E-state index is -0.0711. The predicted molar refractivity (Wildman–Crippen MR) is 86.8 cm³/mol. The van der Waals surface area contributed by atoms with Crippen LogP contribution in [0.5, 0.6) is 0 Å². The highest BCUT2D eigenvalue weighted by Crippen LogP contribution is 2.41. The van der Waals surface area contributed by atoms with E-state index in [0.29, 0.717) is 24.2 Å². The number of fused-ring (bicyclic) bond motifs is 1. The Morgan fingerprint density at radius 1 is 1.43 bits per heavy atom. The van der Waals surface area contributed by atoms with Crippen LogP contribution in [0.2, 0.25) is 0 Å². The van der Waals surface area contributed by atoms with Crippen molar-refractivity contribution in [1.29, 1.82) is 5.26 Å². The van der Waals surface area contributed by atoms with Gasteiger partial charge in [-0.15, -0.1) is 0 Å². The number of aliphatic hydroxyl groups excluding tert-OH is 1. The number of benzene rings is 1. The van der Waals surface area contributed by atoms with Crippen molar-refractivity contribution < 1.29 is 9.90 Å². The van der Waals surface area contributed by atoms with E-state index in [1.807, 2.05) is 4.90 Å². The number of carbonyl (C=O) groups excluding carboxylic acids is 1. The number of likely N-dealkylation sites (N-methyl/N-ethyl adjacent to an activating group) is 1. The number of likely N-dealkylation sites (tertiary alicyclic amines) is 2. The lowest BCUT2D eigenvalue weighted by molar-refractivity contribution is -0.0601. The first-order valence-electron chi connectivity index (χ1n) is 8.20. The zero-order chi connectivity index (χ0) is 16.4. The first-order valence-corrected chi connectivity index (χ1v) is 8.20. The first kappa shape index (κ1) is 16.0. The third kappa shape index (κ3) is 2.85. The second-order valence-electron chi connectivity index (χ2n) is 6.81. The van der Waals surface area contributed by atoms with E-state index in [1.165, 1.54) is 0 Å². The highest BCUT2D eigenvalue weighted by atomic mass is 16.3. The number of nitrogens with zero attached hydrogens (tertiary/aromatic N) is 3. The number of hydrogen-bond donors (Lipinski definition) is 1. The van der Waals surface area contributed by atoms with Crippen molar-refractivity contribution in [2.45, 2.75) is 25.3 Å². The summed E-state index contributed by atoms with van der Waals surface area (Å²) >= 11 is 0. The van der Waals surface area contributed by atoms with E-state index in [0.717, 1.165) is 25.8 Å². The van der Waals surface area contributed by atoms with Crippen LogP contribution in [-0.4, -0.2) is 60.1 Å². The molecule has 5 nitrogen and oxygen atoms in total. The molecule has 122 valence electrons. The SMILES string of the molecule is CN1CCC[C@]2(CO)CCN(C(=O)c3cccc(C#N)c3)C[C@@H]12. The fraction of sp³-hybridized carbons (Fsp3) is 0.556. The molecule has 2 saturated heterocycles. The average molecular weight is 313 g/mol. The first-order chi connectivity index (χ1) is 11.1. The van der Waals surface area contributed by atoms with Gasteiger partial charge < -0.3 is 14.9 Å². The Morgan fingerprint density at radius 3 is 3.00 bits per heavy atom. The van der Waals surface area contributed by atoms with Crippen molar-refractivity contribution in [2.75, 3.05) is 33.3 Å². The van der Waals surface area contributed by atoms with E-state index in [4.69, 9.17) is 5.26 Å². The van der Waals surface area contributed by atoms with Crippen LogP contribution < -0.4 is 0 Å². The summed E-state index contributed by atoms with van der Waals surface area (Å²) in [6, 6.07) is 9.16. The summed E-state index contributed by atoms with van der Waals surface area (Å²) in [4.78, 5) is 16.9. The zero-order valence-corrected chi connectivity index (χ0v) is 13.5. The second-order valence-corrected chi connectivity index (χ2v) is 6.81. The Kier molecular flexibility index (Phi) is 4.38. The molecule has 0 bridgehead atoms. The van der Waals surface area contributed by atoms with E-state index in [1.54, 1.807) is 24.3 Å². The van der Waals surface area contributed by atoms with Crippen LogP contribution in [0.15, 0.2) is 24.3 Å². The van der Waals surface area contributed by atoms with Crippen molar-refractivity contribution in [1.82, 2.24) is 9.80 Å². The summed E-state index contributed by atoms with van der Waals surface area (Å²) in [5.41, 5.74) is 1.00. The number of rotatable bonds is 2. The normalized spacial score (nSPS) is 28.0. The summed E-state index contributed by atoms with van der Waals surface area (Å²) in [6.07, 6.45) is 2.97. The molecule has 0 aromatic heterocycles. The molecule has 5 heteroatoms. The maximum Gasteiger partial charge on any atom is 0.253 e.